The number of nitro benzene ring substituents is 1. The number of nitrogens with one attached hydrogen (secondary N) is 1. The molecule has 1 aromatic heterocycles. The van der Waals surface area contributed by atoms with Gasteiger partial charge in [0.05, 0.1) is 21.7 Å². The standard InChI is InChI=1S/C15H11N3O3S/c19-15(10-4-3-5-11(8-10)18(20)21)16-9-14-17-12-6-1-2-7-13(12)22-14/h1-8H,9H2,(H,16,19). The van der Waals surface area contributed by atoms with Gasteiger partial charge < -0.3 is 5.32 Å². The van der Waals surface area contributed by atoms with Gasteiger partial charge in [-0.3, -0.25) is 14.9 Å². The molecule has 3 aromatic rings. The summed E-state index contributed by atoms with van der Waals surface area (Å²) in [4.78, 5) is 26.7. The van der Waals surface area contributed by atoms with Crippen LogP contribution in [-0.4, -0.2) is 15.8 Å². The fourth-order valence-electron chi connectivity index (χ4n) is 2.01. The molecule has 110 valence electrons. The third-order valence-corrected chi connectivity index (χ3v) is 4.09. The summed E-state index contributed by atoms with van der Waals surface area (Å²) < 4.78 is 1.06. The van der Waals surface area contributed by atoms with E-state index in [-0.39, 0.29) is 17.2 Å². The Morgan fingerprint density at radius 2 is 2.05 bits per heavy atom. The second-order valence-electron chi connectivity index (χ2n) is 4.57. The maximum absolute atomic E-state index is 12.1. The molecule has 0 unspecified atom stereocenters. The van der Waals surface area contributed by atoms with Crippen LogP contribution in [0.4, 0.5) is 5.69 Å². The lowest BCUT2D eigenvalue weighted by molar-refractivity contribution is -0.384. The van der Waals surface area contributed by atoms with Crippen molar-refractivity contribution >= 4 is 33.1 Å². The molecule has 2 aromatic carbocycles. The molecule has 0 saturated carbocycles. The number of benzene rings is 2. The highest BCUT2D eigenvalue weighted by Gasteiger charge is 2.12. The first-order valence-corrected chi connectivity index (χ1v) is 7.32. The number of hydrogen-bond acceptors (Lipinski definition) is 5. The molecule has 1 N–H and O–H groups in total. The zero-order valence-corrected chi connectivity index (χ0v) is 12.2. The summed E-state index contributed by atoms with van der Waals surface area (Å²) in [6.45, 7) is 0.293. The van der Waals surface area contributed by atoms with Gasteiger partial charge in [-0.25, -0.2) is 4.98 Å². The van der Waals surface area contributed by atoms with Crippen molar-refractivity contribution in [2.45, 2.75) is 6.54 Å². The predicted molar refractivity (Wildman–Crippen MR) is 83.9 cm³/mol. The SMILES string of the molecule is O=C(NCc1nc2ccccc2s1)c1cccc([N+](=O)[O-])c1. The molecule has 0 aliphatic carbocycles. The largest absolute Gasteiger partial charge is 0.346 e. The summed E-state index contributed by atoms with van der Waals surface area (Å²) in [5, 5.41) is 14.2. The zero-order chi connectivity index (χ0) is 15.5. The van der Waals surface area contributed by atoms with Crippen LogP contribution in [0.5, 0.6) is 0 Å². The van der Waals surface area contributed by atoms with Gasteiger partial charge in [0.15, 0.2) is 0 Å². The van der Waals surface area contributed by atoms with Crippen LogP contribution < -0.4 is 5.32 Å². The molecule has 6 nitrogen and oxygen atoms in total. The van der Waals surface area contributed by atoms with Crippen molar-refractivity contribution in [2.75, 3.05) is 0 Å². The fourth-order valence-corrected chi connectivity index (χ4v) is 2.92. The lowest BCUT2D eigenvalue weighted by atomic mass is 10.2. The van der Waals surface area contributed by atoms with Gasteiger partial charge in [0, 0.05) is 17.7 Å². The minimum Gasteiger partial charge on any atom is -0.346 e. The lowest BCUT2D eigenvalue weighted by Gasteiger charge is -2.02. The van der Waals surface area contributed by atoms with E-state index in [9.17, 15) is 14.9 Å². The normalized spacial score (nSPS) is 10.5. The average molecular weight is 313 g/mol. The van der Waals surface area contributed by atoms with Crippen LogP contribution in [0.15, 0.2) is 48.5 Å². The number of amides is 1. The number of para-hydroxylation sites is 1. The Morgan fingerprint density at radius 1 is 1.23 bits per heavy atom. The Bertz CT molecular complexity index is 827. The zero-order valence-electron chi connectivity index (χ0n) is 11.4. The predicted octanol–water partition coefficient (Wildman–Crippen LogP) is 3.13. The van der Waals surface area contributed by atoms with E-state index in [1.54, 1.807) is 6.07 Å². The minimum atomic E-state index is -0.523. The quantitative estimate of drug-likeness (QED) is 0.592. The van der Waals surface area contributed by atoms with Gasteiger partial charge >= 0.3 is 0 Å². The second-order valence-corrected chi connectivity index (χ2v) is 5.68. The summed E-state index contributed by atoms with van der Waals surface area (Å²) in [6, 6.07) is 13.4. The van der Waals surface area contributed by atoms with Crippen LogP contribution >= 0.6 is 11.3 Å². The molecule has 1 heterocycles. The number of fused-ring (bicyclic) bond motifs is 1. The molecule has 0 bridgehead atoms. The van der Waals surface area contributed by atoms with Crippen molar-refractivity contribution in [2.24, 2.45) is 0 Å². The molecule has 0 saturated heterocycles. The van der Waals surface area contributed by atoms with Crippen LogP contribution in [0.3, 0.4) is 0 Å². The maximum Gasteiger partial charge on any atom is 0.270 e. The number of aromatic nitrogens is 1. The van der Waals surface area contributed by atoms with Crippen molar-refractivity contribution in [3.05, 3.63) is 69.2 Å². The van der Waals surface area contributed by atoms with Crippen LogP contribution in [0.1, 0.15) is 15.4 Å². The first-order chi connectivity index (χ1) is 10.6. The van der Waals surface area contributed by atoms with E-state index < -0.39 is 4.92 Å². The van der Waals surface area contributed by atoms with E-state index >= 15 is 0 Å². The molecule has 0 spiro atoms. The summed E-state index contributed by atoms with van der Waals surface area (Å²) in [6.07, 6.45) is 0. The Balaban J connectivity index is 1.71. The Morgan fingerprint density at radius 3 is 2.82 bits per heavy atom. The average Bonchev–Trinajstić information content (AvgIpc) is 2.95. The number of rotatable bonds is 4. The highest BCUT2D eigenvalue weighted by molar-refractivity contribution is 7.18. The highest BCUT2D eigenvalue weighted by Crippen LogP contribution is 2.21. The van der Waals surface area contributed by atoms with E-state index in [4.69, 9.17) is 0 Å². The van der Waals surface area contributed by atoms with Crippen molar-refractivity contribution in [1.82, 2.24) is 10.3 Å². The van der Waals surface area contributed by atoms with Crippen LogP contribution in [0.2, 0.25) is 0 Å². The smallest absolute Gasteiger partial charge is 0.270 e. The van der Waals surface area contributed by atoms with E-state index in [0.29, 0.717) is 6.54 Å². The van der Waals surface area contributed by atoms with Gasteiger partial charge in [-0.1, -0.05) is 18.2 Å². The summed E-state index contributed by atoms with van der Waals surface area (Å²) >= 11 is 1.51. The molecular weight excluding hydrogens is 302 g/mol. The maximum atomic E-state index is 12.1. The first kappa shape index (κ1) is 14.2. The third-order valence-electron chi connectivity index (χ3n) is 3.06. The number of non-ortho nitro benzene ring substituents is 1. The number of carbonyl (C=O) groups is 1. The molecule has 0 fully saturated rings. The molecular formula is C15H11N3O3S. The van der Waals surface area contributed by atoms with Crippen LogP contribution in [-0.2, 0) is 6.54 Å². The molecule has 1 amide bonds. The number of carbonyl (C=O) groups excluding carboxylic acids is 1. The van der Waals surface area contributed by atoms with E-state index in [2.05, 4.69) is 10.3 Å². The lowest BCUT2D eigenvalue weighted by Crippen LogP contribution is -2.22. The number of hydrogen-bond donors (Lipinski definition) is 1. The Hall–Kier alpha value is -2.80. The molecule has 0 atom stereocenters. The van der Waals surface area contributed by atoms with E-state index in [1.807, 2.05) is 24.3 Å². The highest BCUT2D eigenvalue weighted by atomic mass is 32.1. The Labute approximate surface area is 129 Å². The molecule has 7 heteroatoms. The molecule has 3 rings (SSSR count). The summed E-state index contributed by atoms with van der Waals surface area (Å²) in [7, 11) is 0. The molecule has 0 aliphatic rings. The summed E-state index contributed by atoms with van der Waals surface area (Å²) in [5.41, 5.74) is 1.05. The fraction of sp³-hybridized carbons (Fsp3) is 0.0667. The van der Waals surface area contributed by atoms with Crippen molar-refractivity contribution in [3.8, 4) is 0 Å². The van der Waals surface area contributed by atoms with Gasteiger partial charge in [-0.2, -0.15) is 0 Å². The Kier molecular flexibility index (Phi) is 3.80. The minimum absolute atomic E-state index is 0.104. The van der Waals surface area contributed by atoms with Gasteiger partial charge in [0.25, 0.3) is 11.6 Å². The van der Waals surface area contributed by atoms with E-state index in [0.717, 1.165) is 15.2 Å². The monoisotopic (exact) mass is 313 g/mol. The molecule has 22 heavy (non-hydrogen) atoms. The number of nitro groups is 1. The third kappa shape index (κ3) is 2.94. The van der Waals surface area contributed by atoms with Gasteiger partial charge in [0.2, 0.25) is 0 Å². The topological polar surface area (TPSA) is 85.1 Å². The van der Waals surface area contributed by atoms with E-state index in [1.165, 1.54) is 29.5 Å². The van der Waals surface area contributed by atoms with Crippen LogP contribution in [0, 0.1) is 10.1 Å². The van der Waals surface area contributed by atoms with Crippen LogP contribution in [0.25, 0.3) is 10.2 Å². The second kappa shape index (κ2) is 5.90. The molecule has 0 aliphatic heterocycles. The van der Waals surface area contributed by atoms with Gasteiger partial charge in [0.1, 0.15) is 5.01 Å². The van der Waals surface area contributed by atoms with Gasteiger partial charge in [-0.15, -0.1) is 11.3 Å². The van der Waals surface area contributed by atoms with Crippen molar-refractivity contribution in [3.63, 3.8) is 0 Å². The van der Waals surface area contributed by atoms with Crippen molar-refractivity contribution < 1.29 is 9.72 Å². The number of nitrogens with zero attached hydrogens (tertiary/aromatic N) is 2. The van der Waals surface area contributed by atoms with Crippen molar-refractivity contribution in [1.29, 1.82) is 0 Å². The summed E-state index contributed by atoms with van der Waals surface area (Å²) in [5.74, 6) is -0.358. The molecule has 0 radical (unpaired) electrons. The number of thiazole rings is 1. The van der Waals surface area contributed by atoms with Gasteiger partial charge in [-0.05, 0) is 18.2 Å². The first-order valence-electron chi connectivity index (χ1n) is 6.50.